The van der Waals surface area contributed by atoms with Gasteiger partial charge in [0.1, 0.15) is 4.34 Å². The zero-order valence-electron chi connectivity index (χ0n) is 15.6. The van der Waals surface area contributed by atoms with Crippen molar-refractivity contribution in [1.29, 1.82) is 0 Å². The van der Waals surface area contributed by atoms with E-state index in [9.17, 15) is 4.79 Å². The summed E-state index contributed by atoms with van der Waals surface area (Å²) in [5, 5.41) is 2.02. The molecule has 0 spiro atoms. The topological polar surface area (TPSA) is 33.2 Å². The van der Waals surface area contributed by atoms with Crippen molar-refractivity contribution < 1.29 is 4.79 Å². The molecule has 5 heteroatoms. The maximum absolute atomic E-state index is 12.7. The van der Waals surface area contributed by atoms with Crippen LogP contribution in [0, 0.1) is 13.8 Å². The zero-order valence-corrected chi connectivity index (χ0v) is 17.2. The Morgan fingerprint density at radius 1 is 1.22 bits per heavy atom. The van der Waals surface area contributed by atoms with Gasteiger partial charge in [-0.25, -0.2) is 4.98 Å². The highest BCUT2D eigenvalue weighted by Crippen LogP contribution is 2.30. The number of hydrogen-bond acceptors (Lipinski definition) is 4. The lowest BCUT2D eigenvalue weighted by molar-refractivity contribution is -0.117. The fourth-order valence-electron chi connectivity index (χ4n) is 3.38. The molecule has 0 atom stereocenters. The summed E-state index contributed by atoms with van der Waals surface area (Å²) >= 11 is 3.38. The Balaban J connectivity index is 1.38. The minimum Gasteiger partial charge on any atom is -0.311 e. The van der Waals surface area contributed by atoms with Crippen molar-refractivity contribution in [2.45, 2.75) is 36.8 Å². The predicted octanol–water partition coefficient (Wildman–Crippen LogP) is 5.18. The van der Waals surface area contributed by atoms with Gasteiger partial charge in [-0.3, -0.25) is 4.79 Å². The van der Waals surface area contributed by atoms with Crippen LogP contribution >= 0.6 is 23.1 Å². The van der Waals surface area contributed by atoms with E-state index in [1.165, 1.54) is 22.3 Å². The molecular formula is C22H22N2OS2. The lowest BCUT2D eigenvalue weighted by Crippen LogP contribution is -2.30. The van der Waals surface area contributed by atoms with Crippen molar-refractivity contribution in [3.63, 3.8) is 0 Å². The molecule has 0 aliphatic carbocycles. The Hall–Kier alpha value is -2.11. The molecule has 0 bridgehead atoms. The van der Waals surface area contributed by atoms with Crippen LogP contribution in [-0.2, 0) is 23.4 Å². The average Bonchev–Trinajstić information content (AvgIpc) is 3.29. The number of rotatable bonds is 5. The quantitative estimate of drug-likeness (QED) is 0.559. The van der Waals surface area contributed by atoms with Crippen molar-refractivity contribution in [3.8, 4) is 0 Å². The summed E-state index contributed by atoms with van der Waals surface area (Å²) in [4.78, 5) is 19.3. The molecule has 2 heterocycles. The van der Waals surface area contributed by atoms with Crippen LogP contribution in [0.3, 0.4) is 0 Å². The number of aryl methyl sites for hydroxylation is 2. The molecule has 0 fully saturated rings. The monoisotopic (exact) mass is 394 g/mol. The molecule has 1 aliphatic rings. The smallest absolute Gasteiger partial charge is 0.233 e. The minimum absolute atomic E-state index is 0.135. The van der Waals surface area contributed by atoms with E-state index >= 15 is 0 Å². The summed E-state index contributed by atoms with van der Waals surface area (Å²) in [5.41, 5.74) is 7.13. The number of fused-ring (bicyclic) bond motifs is 1. The van der Waals surface area contributed by atoms with Gasteiger partial charge in [-0.05, 0) is 43.0 Å². The molecule has 0 unspecified atom stereocenters. The number of para-hydroxylation sites is 1. The number of thioether (sulfide) groups is 1. The Bertz CT molecular complexity index is 980. The minimum atomic E-state index is 0.135. The largest absolute Gasteiger partial charge is 0.311 e. The van der Waals surface area contributed by atoms with Crippen molar-refractivity contribution >= 4 is 34.7 Å². The molecule has 3 aromatic rings. The van der Waals surface area contributed by atoms with E-state index < -0.39 is 0 Å². The third-order valence-corrected chi connectivity index (χ3v) is 7.03. The van der Waals surface area contributed by atoms with Crippen LogP contribution in [0.2, 0.25) is 0 Å². The first-order valence-electron chi connectivity index (χ1n) is 9.12. The van der Waals surface area contributed by atoms with Crippen molar-refractivity contribution in [1.82, 2.24) is 4.98 Å². The highest BCUT2D eigenvalue weighted by molar-refractivity contribution is 8.00. The number of amides is 1. The third-order valence-electron chi connectivity index (χ3n) is 4.91. The highest BCUT2D eigenvalue weighted by atomic mass is 32.2. The second kappa shape index (κ2) is 7.87. The van der Waals surface area contributed by atoms with E-state index in [-0.39, 0.29) is 5.91 Å². The molecule has 1 aliphatic heterocycles. The van der Waals surface area contributed by atoms with Gasteiger partial charge in [0.25, 0.3) is 0 Å². The van der Waals surface area contributed by atoms with Crippen molar-refractivity contribution in [2.24, 2.45) is 0 Å². The van der Waals surface area contributed by atoms with E-state index in [2.05, 4.69) is 43.1 Å². The third kappa shape index (κ3) is 4.09. The Labute approximate surface area is 168 Å². The Morgan fingerprint density at radius 3 is 2.96 bits per heavy atom. The molecule has 0 radical (unpaired) electrons. The van der Waals surface area contributed by atoms with Crippen molar-refractivity contribution in [3.05, 3.63) is 75.8 Å². The van der Waals surface area contributed by atoms with E-state index in [4.69, 9.17) is 0 Å². The molecular weight excluding hydrogens is 372 g/mol. The van der Waals surface area contributed by atoms with Gasteiger partial charge in [-0.2, -0.15) is 0 Å². The number of aromatic nitrogens is 1. The number of benzene rings is 2. The Kier molecular flexibility index (Phi) is 5.32. The van der Waals surface area contributed by atoms with Crippen LogP contribution in [0.15, 0.2) is 52.2 Å². The summed E-state index contributed by atoms with van der Waals surface area (Å²) in [5.74, 6) is 1.05. The second-order valence-corrected chi connectivity index (χ2v) is 9.00. The highest BCUT2D eigenvalue weighted by Gasteiger charge is 2.24. The fourth-order valence-corrected chi connectivity index (χ4v) is 5.29. The molecule has 0 N–H and O–H groups in total. The number of thiazole rings is 1. The number of hydrogen-bond donors (Lipinski definition) is 0. The molecule has 2 aromatic carbocycles. The van der Waals surface area contributed by atoms with Gasteiger partial charge in [0.05, 0.1) is 12.1 Å². The number of nitrogens with zero attached hydrogens (tertiary/aromatic N) is 2. The van der Waals surface area contributed by atoms with Gasteiger partial charge < -0.3 is 4.90 Å². The van der Waals surface area contributed by atoms with Crippen LogP contribution < -0.4 is 4.90 Å². The van der Waals surface area contributed by atoms with Crippen LogP contribution in [0.4, 0.5) is 5.69 Å². The molecule has 27 heavy (non-hydrogen) atoms. The molecule has 4 rings (SSSR count). The first-order chi connectivity index (χ1) is 13.1. The first kappa shape index (κ1) is 18.3. The van der Waals surface area contributed by atoms with E-state index in [0.29, 0.717) is 6.42 Å². The summed E-state index contributed by atoms with van der Waals surface area (Å²) < 4.78 is 1.03. The van der Waals surface area contributed by atoms with Gasteiger partial charge >= 0.3 is 0 Å². The molecule has 138 valence electrons. The first-order valence-corrected chi connectivity index (χ1v) is 11.0. The van der Waals surface area contributed by atoms with Crippen LogP contribution in [-0.4, -0.2) is 17.4 Å². The summed E-state index contributed by atoms with van der Waals surface area (Å²) in [6, 6.07) is 14.7. The van der Waals surface area contributed by atoms with E-state index in [1.54, 1.807) is 23.1 Å². The maximum atomic E-state index is 12.7. The standard InChI is InChI=1S/C22H22N2OS2/c1-15-7-8-16(2)18(11-15)13-26-22-23-19(14-27-22)12-21(25)24-10-9-17-5-3-4-6-20(17)24/h3-8,11,14H,9-10,12-13H2,1-2H3. The fraction of sp³-hybridized carbons (Fsp3) is 0.273. The predicted molar refractivity (Wildman–Crippen MR) is 114 cm³/mol. The van der Waals surface area contributed by atoms with Crippen molar-refractivity contribution in [2.75, 3.05) is 11.4 Å². The number of carbonyl (C=O) groups is 1. The number of carbonyl (C=O) groups excluding carboxylic acids is 1. The van der Waals surface area contributed by atoms with E-state index in [0.717, 1.165) is 34.4 Å². The molecule has 0 saturated carbocycles. The molecule has 1 aromatic heterocycles. The van der Waals surface area contributed by atoms with Gasteiger partial charge in [0.15, 0.2) is 0 Å². The Morgan fingerprint density at radius 2 is 2.07 bits per heavy atom. The van der Waals surface area contributed by atoms with Gasteiger partial charge in [-0.15, -0.1) is 11.3 Å². The normalized spacial score (nSPS) is 13.0. The zero-order chi connectivity index (χ0) is 18.8. The maximum Gasteiger partial charge on any atom is 0.233 e. The van der Waals surface area contributed by atoms with Crippen LogP contribution in [0.25, 0.3) is 0 Å². The van der Waals surface area contributed by atoms with Gasteiger partial charge in [0, 0.05) is 23.4 Å². The number of anilines is 1. The van der Waals surface area contributed by atoms with Crippen LogP contribution in [0.1, 0.15) is 27.9 Å². The lowest BCUT2D eigenvalue weighted by atomic mass is 10.1. The summed E-state index contributed by atoms with van der Waals surface area (Å²) in [7, 11) is 0. The second-order valence-electron chi connectivity index (χ2n) is 6.92. The summed E-state index contributed by atoms with van der Waals surface area (Å²) in [6.45, 7) is 5.04. The summed E-state index contributed by atoms with van der Waals surface area (Å²) in [6.07, 6.45) is 1.31. The van der Waals surface area contributed by atoms with Crippen LogP contribution in [0.5, 0.6) is 0 Å². The lowest BCUT2D eigenvalue weighted by Gasteiger charge is -2.16. The van der Waals surface area contributed by atoms with E-state index in [1.807, 2.05) is 28.5 Å². The average molecular weight is 395 g/mol. The van der Waals surface area contributed by atoms with Gasteiger partial charge in [0.2, 0.25) is 5.91 Å². The molecule has 1 amide bonds. The molecule has 0 saturated heterocycles. The SMILES string of the molecule is Cc1ccc(C)c(CSc2nc(CC(=O)N3CCc4ccccc43)cs2)c1. The van der Waals surface area contributed by atoms with Gasteiger partial charge in [-0.1, -0.05) is 53.7 Å². The molecule has 3 nitrogen and oxygen atoms in total.